The third kappa shape index (κ3) is 5.99. The van der Waals surface area contributed by atoms with Crippen LogP contribution in [0, 0.1) is 0 Å². The quantitative estimate of drug-likeness (QED) is 0.151. The fourth-order valence-corrected chi connectivity index (χ4v) is 6.66. The summed E-state index contributed by atoms with van der Waals surface area (Å²) in [7, 11) is 0. The highest BCUT2D eigenvalue weighted by atomic mass is 35.5. The van der Waals surface area contributed by atoms with Crippen molar-refractivity contribution in [1.29, 1.82) is 0 Å². The summed E-state index contributed by atoms with van der Waals surface area (Å²) in [5, 5.41) is 2.40. The molecule has 42 heavy (non-hydrogen) atoms. The number of β-lactam (4-membered cyclic amide) rings is 1. The zero-order chi connectivity index (χ0) is 29.3. The number of nitrogens with zero attached hydrogens (tertiary/aromatic N) is 1. The van der Waals surface area contributed by atoms with Crippen molar-refractivity contribution in [2.24, 2.45) is 0 Å². The molecule has 0 bridgehead atoms. The van der Waals surface area contributed by atoms with Crippen molar-refractivity contribution in [2.75, 3.05) is 5.75 Å². The summed E-state index contributed by atoms with van der Waals surface area (Å²) in [6.07, 6.45) is 2.28. The topological polar surface area (TPSA) is 88.2 Å². The smallest absolute Gasteiger partial charge is 0.356 e. The van der Waals surface area contributed by atoms with Gasteiger partial charge in [-0.25, -0.2) is 4.79 Å². The summed E-state index contributed by atoms with van der Waals surface area (Å²) in [4.78, 5) is 41.7. The number of nitrogens with one attached hydrogen (secondary N) is 1. The number of rotatable bonds is 9. The van der Waals surface area contributed by atoms with Gasteiger partial charge in [-0.15, -0.1) is 11.8 Å². The highest BCUT2D eigenvalue weighted by Gasteiger charge is 2.55. The molecule has 2 fully saturated rings. The number of alkyl halides is 2. The second kappa shape index (κ2) is 12.0. The molecule has 3 aliphatic rings. The number of fused-ring (bicyclic) bond motifs is 1. The van der Waals surface area contributed by atoms with E-state index in [-0.39, 0.29) is 23.9 Å². The fourth-order valence-electron chi connectivity index (χ4n) is 5.00. The van der Waals surface area contributed by atoms with Crippen LogP contribution in [0.1, 0.15) is 22.8 Å². The molecule has 214 valence electrons. The van der Waals surface area contributed by atoms with E-state index in [1.165, 1.54) is 16.7 Å². The zero-order valence-electron chi connectivity index (χ0n) is 22.2. The van der Waals surface area contributed by atoms with Gasteiger partial charge in [0.05, 0.1) is 6.42 Å². The Bertz CT molecular complexity index is 1510. The molecule has 1 N–H and O–H groups in total. The Labute approximate surface area is 257 Å². The highest BCUT2D eigenvalue weighted by molar-refractivity contribution is 8.00. The van der Waals surface area contributed by atoms with Gasteiger partial charge in [-0.3, -0.25) is 14.5 Å². The molecule has 3 aromatic carbocycles. The molecule has 3 aromatic rings. The molecule has 2 amide bonds. The maximum atomic E-state index is 14.0. The third-order valence-corrected chi connectivity index (χ3v) is 9.09. The number of carbonyl (C=O) groups is 3. The molecule has 0 spiro atoms. The molecule has 10 heteroatoms. The third-order valence-electron chi connectivity index (χ3n) is 7.17. The SMILES string of the molecule is O=C(Cc1ccccc1)NC1C(=O)N2C(C(=O)OC(c3ccccc3)c3ccccc3)=C(/C=C/C3OC3(Cl)Cl)CSC12. The van der Waals surface area contributed by atoms with Crippen LogP contribution >= 0.6 is 35.0 Å². The van der Waals surface area contributed by atoms with Crippen LogP contribution in [0.3, 0.4) is 0 Å². The van der Waals surface area contributed by atoms with E-state index in [0.717, 1.165) is 16.7 Å². The minimum absolute atomic E-state index is 0.126. The number of hydrogen-bond acceptors (Lipinski definition) is 6. The van der Waals surface area contributed by atoms with Crippen LogP contribution in [0.4, 0.5) is 0 Å². The first-order valence-corrected chi connectivity index (χ1v) is 15.2. The first kappa shape index (κ1) is 28.6. The Morgan fingerprint density at radius 3 is 2.14 bits per heavy atom. The summed E-state index contributed by atoms with van der Waals surface area (Å²) < 4.78 is 10.1. The molecular formula is C32H26Cl2N2O5S. The predicted octanol–water partition coefficient (Wildman–Crippen LogP) is 5.30. The Hall–Kier alpha value is -3.56. The van der Waals surface area contributed by atoms with Gasteiger partial charge in [-0.05, 0) is 28.3 Å². The number of allylic oxidation sites excluding steroid dienone is 1. The van der Waals surface area contributed by atoms with Crippen molar-refractivity contribution in [2.45, 2.75) is 34.6 Å². The Kier molecular flexibility index (Phi) is 8.14. The molecule has 3 aliphatic heterocycles. The molecule has 0 radical (unpaired) electrons. The maximum absolute atomic E-state index is 14.0. The molecule has 3 atom stereocenters. The van der Waals surface area contributed by atoms with Gasteiger partial charge < -0.3 is 14.8 Å². The van der Waals surface area contributed by atoms with Crippen LogP contribution < -0.4 is 5.32 Å². The van der Waals surface area contributed by atoms with E-state index in [4.69, 9.17) is 32.7 Å². The Morgan fingerprint density at radius 1 is 1.00 bits per heavy atom. The average Bonchev–Trinajstić information content (AvgIpc) is 3.64. The Morgan fingerprint density at radius 2 is 1.57 bits per heavy atom. The lowest BCUT2D eigenvalue weighted by molar-refractivity contribution is -0.154. The average molecular weight is 622 g/mol. The highest BCUT2D eigenvalue weighted by Crippen LogP contribution is 2.46. The summed E-state index contributed by atoms with van der Waals surface area (Å²) in [5.41, 5.74) is 3.12. The van der Waals surface area contributed by atoms with Gasteiger partial charge in [0.25, 0.3) is 5.91 Å². The van der Waals surface area contributed by atoms with E-state index in [1.807, 2.05) is 91.0 Å². The van der Waals surface area contributed by atoms with Crippen LogP contribution in [0.15, 0.2) is 114 Å². The monoisotopic (exact) mass is 620 g/mol. The number of halogens is 2. The molecule has 2 saturated heterocycles. The molecule has 3 unspecified atom stereocenters. The van der Waals surface area contributed by atoms with Crippen molar-refractivity contribution in [3.63, 3.8) is 0 Å². The van der Waals surface area contributed by atoms with Crippen LogP contribution in [0.5, 0.6) is 0 Å². The minimum Gasteiger partial charge on any atom is -0.448 e. The number of amides is 2. The second-order valence-electron chi connectivity index (χ2n) is 10.1. The molecular weight excluding hydrogens is 595 g/mol. The van der Waals surface area contributed by atoms with Crippen molar-refractivity contribution < 1.29 is 23.9 Å². The molecule has 3 heterocycles. The Balaban J connectivity index is 1.27. The number of ether oxygens (including phenoxy) is 2. The van der Waals surface area contributed by atoms with Gasteiger partial charge in [0, 0.05) is 5.75 Å². The van der Waals surface area contributed by atoms with Gasteiger partial charge in [-0.2, -0.15) is 0 Å². The van der Waals surface area contributed by atoms with Crippen LogP contribution in [-0.4, -0.2) is 50.5 Å². The lowest BCUT2D eigenvalue weighted by Gasteiger charge is -2.49. The molecule has 0 saturated carbocycles. The predicted molar refractivity (Wildman–Crippen MR) is 161 cm³/mol. The van der Waals surface area contributed by atoms with Crippen LogP contribution in [-0.2, 0) is 30.3 Å². The van der Waals surface area contributed by atoms with Crippen molar-refractivity contribution >= 4 is 52.7 Å². The fraction of sp³-hybridized carbons (Fsp3) is 0.219. The largest absolute Gasteiger partial charge is 0.448 e. The normalized spacial score (nSPS) is 22.5. The number of thioether (sulfide) groups is 1. The number of epoxide rings is 1. The van der Waals surface area contributed by atoms with Crippen LogP contribution in [0.25, 0.3) is 0 Å². The van der Waals surface area contributed by atoms with E-state index in [0.29, 0.717) is 11.3 Å². The first-order valence-electron chi connectivity index (χ1n) is 13.4. The summed E-state index contributed by atoms with van der Waals surface area (Å²) >= 11 is 13.5. The van der Waals surface area contributed by atoms with Gasteiger partial charge in [0.1, 0.15) is 23.2 Å². The number of esters is 1. The second-order valence-corrected chi connectivity index (χ2v) is 12.5. The van der Waals surface area contributed by atoms with Crippen LogP contribution in [0.2, 0.25) is 0 Å². The van der Waals surface area contributed by atoms with Gasteiger partial charge in [-0.1, -0.05) is 120 Å². The van der Waals surface area contributed by atoms with E-state index in [1.54, 1.807) is 12.2 Å². The molecule has 0 aromatic heterocycles. The van der Waals surface area contributed by atoms with Crippen molar-refractivity contribution in [3.8, 4) is 0 Å². The lowest BCUT2D eigenvalue weighted by atomic mass is 10.00. The van der Waals surface area contributed by atoms with Crippen molar-refractivity contribution in [3.05, 3.63) is 131 Å². The summed E-state index contributed by atoms with van der Waals surface area (Å²) in [5.74, 6) is -0.904. The number of hydrogen-bond donors (Lipinski definition) is 1. The molecule has 0 aliphatic carbocycles. The lowest BCUT2D eigenvalue weighted by Crippen LogP contribution is -2.70. The van der Waals surface area contributed by atoms with E-state index < -0.39 is 34.1 Å². The van der Waals surface area contributed by atoms with Gasteiger partial charge >= 0.3 is 5.97 Å². The van der Waals surface area contributed by atoms with Crippen molar-refractivity contribution in [1.82, 2.24) is 10.2 Å². The maximum Gasteiger partial charge on any atom is 0.356 e. The number of benzene rings is 3. The van der Waals surface area contributed by atoms with E-state index in [2.05, 4.69) is 5.32 Å². The summed E-state index contributed by atoms with van der Waals surface area (Å²) in [6, 6.07) is 27.4. The molecule has 6 rings (SSSR count). The van der Waals surface area contributed by atoms with E-state index >= 15 is 0 Å². The molecule has 7 nitrogen and oxygen atoms in total. The van der Waals surface area contributed by atoms with Gasteiger partial charge in [0.15, 0.2) is 6.10 Å². The summed E-state index contributed by atoms with van der Waals surface area (Å²) in [6.45, 7) is 0. The first-order chi connectivity index (χ1) is 20.3. The number of carbonyl (C=O) groups excluding carboxylic acids is 3. The van der Waals surface area contributed by atoms with E-state index in [9.17, 15) is 14.4 Å². The zero-order valence-corrected chi connectivity index (χ0v) is 24.5. The standard InChI is InChI=1S/C32H26Cl2N2O5S/c33-32(34)24(41-32)17-16-23-19-42-30-26(35-25(37)18-20-10-4-1-5-11-20)29(38)36(30)27(23)31(39)40-28(21-12-6-2-7-13-21)22-14-8-3-9-15-22/h1-17,24,26,28,30H,18-19H2,(H,35,37)/b17-16+. The van der Waals surface area contributed by atoms with Gasteiger partial charge in [0.2, 0.25) is 10.4 Å². The minimum atomic E-state index is -1.31.